The zero-order valence-corrected chi connectivity index (χ0v) is 13.8. The van der Waals surface area contributed by atoms with E-state index in [1.807, 2.05) is 4.98 Å². The molecule has 1 rings (SSSR count). The van der Waals surface area contributed by atoms with Crippen LogP contribution in [-0.2, 0) is 11.3 Å². The number of rotatable bonds is 7. The van der Waals surface area contributed by atoms with Crippen molar-refractivity contribution in [1.29, 1.82) is 0 Å². The SMILES string of the molecule is CN(CCCNC(=O)Cn1cc(Br)c(=O)[nH]c1=O)CC(F)(F)F. The van der Waals surface area contributed by atoms with Gasteiger partial charge in [0.25, 0.3) is 5.56 Å². The van der Waals surface area contributed by atoms with Gasteiger partial charge in [-0.1, -0.05) is 0 Å². The van der Waals surface area contributed by atoms with E-state index < -0.39 is 29.9 Å². The van der Waals surface area contributed by atoms with E-state index in [1.165, 1.54) is 13.2 Å². The standard InChI is InChI=1S/C12H16BrF3N4O3/c1-19(7-12(14,15)16)4-2-3-17-9(21)6-20-5-8(13)10(22)18-11(20)23/h5H,2-4,6-7H2,1H3,(H,17,21)(H,18,22,23). The van der Waals surface area contributed by atoms with Crippen LogP contribution in [-0.4, -0.2) is 53.2 Å². The van der Waals surface area contributed by atoms with E-state index in [2.05, 4.69) is 21.2 Å². The zero-order chi connectivity index (χ0) is 17.6. The number of nitrogens with one attached hydrogen (secondary N) is 2. The van der Waals surface area contributed by atoms with Crippen molar-refractivity contribution in [1.82, 2.24) is 19.8 Å². The lowest BCUT2D eigenvalue weighted by atomic mass is 10.3. The molecule has 0 saturated heterocycles. The lowest BCUT2D eigenvalue weighted by molar-refractivity contribution is -0.143. The average Bonchev–Trinajstić information content (AvgIpc) is 2.39. The van der Waals surface area contributed by atoms with Gasteiger partial charge in [-0.05, 0) is 35.9 Å². The lowest BCUT2D eigenvalue weighted by Crippen LogP contribution is -2.37. The molecule has 0 atom stereocenters. The van der Waals surface area contributed by atoms with E-state index in [0.29, 0.717) is 6.42 Å². The lowest BCUT2D eigenvalue weighted by Gasteiger charge is -2.18. The Balaban J connectivity index is 2.37. The number of halogens is 4. The number of aromatic nitrogens is 2. The molecule has 130 valence electrons. The van der Waals surface area contributed by atoms with E-state index >= 15 is 0 Å². The van der Waals surface area contributed by atoms with E-state index in [9.17, 15) is 27.6 Å². The van der Waals surface area contributed by atoms with E-state index in [4.69, 9.17) is 0 Å². The van der Waals surface area contributed by atoms with Crippen LogP contribution in [0, 0.1) is 0 Å². The number of H-pyrrole nitrogens is 1. The van der Waals surface area contributed by atoms with Gasteiger partial charge < -0.3 is 5.32 Å². The summed E-state index contributed by atoms with van der Waals surface area (Å²) in [6, 6.07) is 0. The predicted octanol–water partition coefficient (Wildman–Crippen LogP) is 0.300. The van der Waals surface area contributed by atoms with Crippen LogP contribution in [0.5, 0.6) is 0 Å². The second-order valence-corrected chi connectivity index (χ2v) is 5.78. The fourth-order valence-electron chi connectivity index (χ4n) is 1.77. The number of alkyl halides is 3. The molecule has 1 heterocycles. The first-order valence-corrected chi connectivity index (χ1v) is 7.39. The number of hydrogen-bond donors (Lipinski definition) is 2. The summed E-state index contributed by atoms with van der Waals surface area (Å²) in [5, 5.41) is 2.50. The number of aromatic amines is 1. The molecule has 2 N–H and O–H groups in total. The molecule has 0 unspecified atom stereocenters. The Labute approximate surface area is 137 Å². The van der Waals surface area contributed by atoms with E-state index in [1.54, 1.807) is 0 Å². The third-order valence-electron chi connectivity index (χ3n) is 2.77. The van der Waals surface area contributed by atoms with Crippen molar-refractivity contribution in [2.45, 2.75) is 19.1 Å². The van der Waals surface area contributed by atoms with Crippen LogP contribution in [0.15, 0.2) is 20.3 Å². The van der Waals surface area contributed by atoms with Crippen LogP contribution in [0.3, 0.4) is 0 Å². The third kappa shape index (κ3) is 7.46. The van der Waals surface area contributed by atoms with E-state index in [-0.39, 0.29) is 24.1 Å². The van der Waals surface area contributed by atoms with Crippen molar-refractivity contribution in [2.24, 2.45) is 0 Å². The molecule has 0 fully saturated rings. The van der Waals surface area contributed by atoms with Crippen molar-refractivity contribution < 1.29 is 18.0 Å². The molecule has 0 spiro atoms. The van der Waals surface area contributed by atoms with Crippen LogP contribution in [0.4, 0.5) is 13.2 Å². The Morgan fingerprint density at radius 3 is 2.70 bits per heavy atom. The van der Waals surface area contributed by atoms with Gasteiger partial charge in [0.05, 0.1) is 11.0 Å². The molecule has 0 aromatic carbocycles. The minimum Gasteiger partial charge on any atom is -0.354 e. The first-order valence-electron chi connectivity index (χ1n) is 6.60. The van der Waals surface area contributed by atoms with Gasteiger partial charge in [-0.25, -0.2) is 4.79 Å². The molecule has 1 aromatic heterocycles. The molecule has 0 aliphatic carbocycles. The van der Waals surface area contributed by atoms with Gasteiger partial charge in [-0.3, -0.25) is 24.0 Å². The van der Waals surface area contributed by atoms with Crippen LogP contribution in [0.2, 0.25) is 0 Å². The van der Waals surface area contributed by atoms with E-state index in [0.717, 1.165) is 9.47 Å². The summed E-state index contributed by atoms with van der Waals surface area (Å²) >= 11 is 2.94. The Kier molecular flexibility index (Phi) is 7.01. The van der Waals surface area contributed by atoms with Crippen molar-refractivity contribution in [3.63, 3.8) is 0 Å². The normalized spacial score (nSPS) is 11.7. The maximum atomic E-state index is 12.1. The van der Waals surface area contributed by atoms with Gasteiger partial charge in [-0.15, -0.1) is 0 Å². The highest BCUT2D eigenvalue weighted by Gasteiger charge is 2.28. The molecule has 0 aliphatic rings. The molecular formula is C12H16BrF3N4O3. The fraction of sp³-hybridized carbons (Fsp3) is 0.583. The topological polar surface area (TPSA) is 87.2 Å². The van der Waals surface area contributed by atoms with Crippen molar-refractivity contribution in [2.75, 3.05) is 26.7 Å². The molecule has 7 nitrogen and oxygen atoms in total. The quantitative estimate of drug-likeness (QED) is 0.644. The van der Waals surface area contributed by atoms with Crippen LogP contribution >= 0.6 is 15.9 Å². The van der Waals surface area contributed by atoms with Gasteiger partial charge in [0, 0.05) is 12.7 Å². The smallest absolute Gasteiger partial charge is 0.354 e. The summed E-state index contributed by atoms with van der Waals surface area (Å²) in [6.07, 6.45) is -2.73. The average molecular weight is 401 g/mol. The highest BCUT2D eigenvalue weighted by atomic mass is 79.9. The van der Waals surface area contributed by atoms with Gasteiger partial charge >= 0.3 is 11.9 Å². The van der Waals surface area contributed by atoms with Crippen LogP contribution in [0.1, 0.15) is 6.42 Å². The van der Waals surface area contributed by atoms with Gasteiger partial charge in [-0.2, -0.15) is 13.2 Å². The molecule has 0 saturated carbocycles. The van der Waals surface area contributed by atoms with Crippen molar-refractivity contribution in [3.8, 4) is 0 Å². The summed E-state index contributed by atoms with van der Waals surface area (Å²) in [7, 11) is 1.34. The van der Waals surface area contributed by atoms with Crippen molar-refractivity contribution >= 4 is 21.8 Å². The Bertz CT molecular complexity index is 656. The van der Waals surface area contributed by atoms with Crippen LogP contribution < -0.4 is 16.6 Å². The monoisotopic (exact) mass is 400 g/mol. The second kappa shape index (κ2) is 8.29. The minimum absolute atomic E-state index is 0.110. The highest BCUT2D eigenvalue weighted by Crippen LogP contribution is 2.15. The van der Waals surface area contributed by atoms with Gasteiger partial charge in [0.15, 0.2) is 0 Å². The summed E-state index contributed by atoms with van der Waals surface area (Å²) in [5.74, 6) is -0.482. The summed E-state index contributed by atoms with van der Waals surface area (Å²) in [6.45, 7) is -0.960. The van der Waals surface area contributed by atoms with Crippen molar-refractivity contribution in [3.05, 3.63) is 31.5 Å². The summed E-state index contributed by atoms with van der Waals surface area (Å²) in [4.78, 5) is 37.4. The maximum absolute atomic E-state index is 12.1. The molecule has 11 heteroatoms. The largest absolute Gasteiger partial charge is 0.401 e. The Hall–Kier alpha value is -1.62. The molecule has 0 bridgehead atoms. The molecule has 1 amide bonds. The highest BCUT2D eigenvalue weighted by molar-refractivity contribution is 9.10. The number of carbonyl (C=O) groups is 1. The molecule has 1 aromatic rings. The molecule has 0 radical (unpaired) electrons. The minimum atomic E-state index is -4.25. The number of hydrogen-bond acceptors (Lipinski definition) is 4. The first kappa shape index (κ1) is 19.4. The molecule has 0 aliphatic heterocycles. The Morgan fingerprint density at radius 2 is 2.09 bits per heavy atom. The molecule has 23 heavy (non-hydrogen) atoms. The van der Waals surface area contributed by atoms with Gasteiger partial charge in [0.1, 0.15) is 6.54 Å². The summed E-state index contributed by atoms with van der Waals surface area (Å²) in [5.41, 5.74) is -1.32. The Morgan fingerprint density at radius 1 is 1.43 bits per heavy atom. The maximum Gasteiger partial charge on any atom is 0.401 e. The molecular weight excluding hydrogens is 385 g/mol. The van der Waals surface area contributed by atoms with Crippen LogP contribution in [0.25, 0.3) is 0 Å². The fourth-order valence-corrected chi connectivity index (χ4v) is 2.12. The number of carbonyl (C=O) groups excluding carboxylic acids is 1. The summed E-state index contributed by atoms with van der Waals surface area (Å²) < 4.78 is 37.5. The number of nitrogens with zero attached hydrogens (tertiary/aromatic N) is 2. The zero-order valence-electron chi connectivity index (χ0n) is 12.2. The first-order chi connectivity index (χ1) is 10.6. The van der Waals surface area contributed by atoms with Gasteiger partial charge in [0.2, 0.25) is 5.91 Å². The number of amides is 1. The third-order valence-corrected chi connectivity index (χ3v) is 3.33. The second-order valence-electron chi connectivity index (χ2n) is 4.92. The predicted molar refractivity (Wildman–Crippen MR) is 80.2 cm³/mol.